The lowest BCUT2D eigenvalue weighted by Crippen LogP contribution is -2.04. The van der Waals surface area contributed by atoms with E-state index in [-0.39, 0.29) is 5.56 Å². The molecule has 0 radical (unpaired) electrons. The van der Waals surface area contributed by atoms with Crippen molar-refractivity contribution >= 4 is 17.3 Å². The normalized spacial score (nSPS) is 11.2. The van der Waals surface area contributed by atoms with E-state index in [0.717, 1.165) is 17.7 Å². The third-order valence-corrected chi connectivity index (χ3v) is 3.84. The maximum Gasteiger partial charge on any atom is 0.416 e. The topological polar surface area (TPSA) is 49.3 Å². The van der Waals surface area contributed by atoms with Gasteiger partial charge in [-0.2, -0.15) is 13.2 Å². The minimum atomic E-state index is -4.37. The van der Waals surface area contributed by atoms with Crippen LogP contribution in [-0.2, 0) is 6.18 Å². The molecular weight excluding hydrogens is 343 g/mol. The molecule has 0 aliphatic carbocycles. The van der Waals surface area contributed by atoms with E-state index in [4.69, 9.17) is 0 Å². The lowest BCUT2D eigenvalue weighted by Gasteiger charge is -2.12. The van der Waals surface area contributed by atoms with E-state index in [2.05, 4.69) is 5.32 Å². The van der Waals surface area contributed by atoms with Crippen molar-refractivity contribution in [2.45, 2.75) is 6.18 Å². The largest absolute Gasteiger partial charge is 0.478 e. The lowest BCUT2D eigenvalue weighted by molar-refractivity contribution is -0.137. The van der Waals surface area contributed by atoms with E-state index in [0.29, 0.717) is 16.9 Å². The molecule has 0 aliphatic heterocycles. The van der Waals surface area contributed by atoms with Crippen molar-refractivity contribution in [3.63, 3.8) is 0 Å². The van der Waals surface area contributed by atoms with E-state index in [1.165, 1.54) is 18.2 Å². The van der Waals surface area contributed by atoms with Crippen molar-refractivity contribution in [3.8, 4) is 11.1 Å². The average Bonchev–Trinajstić information content (AvgIpc) is 2.62. The zero-order valence-electron chi connectivity index (χ0n) is 13.4. The first-order chi connectivity index (χ1) is 12.3. The first-order valence-corrected chi connectivity index (χ1v) is 7.71. The van der Waals surface area contributed by atoms with Crippen LogP contribution in [0.4, 0.5) is 24.5 Å². The van der Waals surface area contributed by atoms with Gasteiger partial charge in [0.2, 0.25) is 0 Å². The molecule has 0 spiro atoms. The first kappa shape index (κ1) is 17.5. The van der Waals surface area contributed by atoms with Gasteiger partial charge >= 0.3 is 12.1 Å². The number of alkyl halides is 3. The number of carbonyl (C=O) groups is 1. The Morgan fingerprint density at radius 1 is 0.846 bits per heavy atom. The zero-order valence-corrected chi connectivity index (χ0v) is 13.4. The molecule has 0 saturated heterocycles. The molecule has 0 atom stereocenters. The summed E-state index contributed by atoms with van der Waals surface area (Å²) in [6.07, 6.45) is -4.37. The van der Waals surface area contributed by atoms with Crippen LogP contribution in [-0.4, -0.2) is 11.1 Å². The Bertz CT molecular complexity index is 934. The summed E-state index contributed by atoms with van der Waals surface area (Å²) in [4.78, 5) is 11.3. The summed E-state index contributed by atoms with van der Waals surface area (Å²) >= 11 is 0. The quantitative estimate of drug-likeness (QED) is 0.619. The fourth-order valence-corrected chi connectivity index (χ4v) is 2.56. The highest BCUT2D eigenvalue weighted by atomic mass is 19.4. The summed E-state index contributed by atoms with van der Waals surface area (Å²) in [5, 5.41) is 12.3. The van der Waals surface area contributed by atoms with Gasteiger partial charge in [0.25, 0.3) is 0 Å². The average molecular weight is 357 g/mol. The predicted octanol–water partition coefficient (Wildman–Crippen LogP) is 5.81. The Kier molecular flexibility index (Phi) is 4.67. The van der Waals surface area contributed by atoms with Crippen LogP contribution in [0.3, 0.4) is 0 Å². The number of halogens is 3. The van der Waals surface area contributed by atoms with E-state index in [1.807, 2.05) is 0 Å². The molecular formula is C20H14F3NO2. The van der Waals surface area contributed by atoms with Gasteiger partial charge in [0.1, 0.15) is 0 Å². The summed E-state index contributed by atoms with van der Waals surface area (Å²) in [7, 11) is 0. The van der Waals surface area contributed by atoms with Gasteiger partial charge in [-0.1, -0.05) is 36.4 Å². The van der Waals surface area contributed by atoms with Gasteiger partial charge in [-0.15, -0.1) is 0 Å². The summed E-state index contributed by atoms with van der Waals surface area (Å²) in [6.45, 7) is 0. The second-order valence-corrected chi connectivity index (χ2v) is 5.63. The third kappa shape index (κ3) is 3.85. The van der Waals surface area contributed by atoms with E-state index in [1.54, 1.807) is 42.5 Å². The van der Waals surface area contributed by atoms with E-state index in [9.17, 15) is 23.1 Å². The minimum Gasteiger partial charge on any atom is -0.478 e. The maximum absolute atomic E-state index is 12.7. The van der Waals surface area contributed by atoms with Crippen LogP contribution in [0.1, 0.15) is 15.9 Å². The Morgan fingerprint density at radius 2 is 1.54 bits per heavy atom. The Hall–Kier alpha value is -3.28. The van der Waals surface area contributed by atoms with Gasteiger partial charge in [-0.05, 0) is 47.5 Å². The van der Waals surface area contributed by atoms with Crippen LogP contribution in [0.2, 0.25) is 0 Å². The SMILES string of the molecule is O=C(O)c1ccccc1Nc1cccc(-c2ccc(C(F)(F)F)cc2)c1. The Morgan fingerprint density at radius 3 is 2.19 bits per heavy atom. The van der Waals surface area contributed by atoms with Crippen molar-refractivity contribution in [1.29, 1.82) is 0 Å². The highest BCUT2D eigenvalue weighted by Crippen LogP contribution is 2.32. The second kappa shape index (κ2) is 6.92. The number of rotatable bonds is 4. The van der Waals surface area contributed by atoms with Gasteiger partial charge < -0.3 is 10.4 Å². The van der Waals surface area contributed by atoms with Crippen LogP contribution < -0.4 is 5.32 Å². The fourth-order valence-electron chi connectivity index (χ4n) is 2.56. The van der Waals surface area contributed by atoms with E-state index >= 15 is 0 Å². The summed E-state index contributed by atoms with van der Waals surface area (Å²) < 4.78 is 38.0. The molecule has 2 N–H and O–H groups in total. The molecule has 3 nitrogen and oxygen atoms in total. The molecule has 6 heteroatoms. The number of para-hydroxylation sites is 1. The maximum atomic E-state index is 12.7. The smallest absolute Gasteiger partial charge is 0.416 e. The molecule has 0 bridgehead atoms. The highest BCUT2D eigenvalue weighted by Gasteiger charge is 2.29. The number of benzene rings is 3. The Balaban J connectivity index is 1.89. The number of anilines is 2. The number of aromatic carboxylic acids is 1. The predicted molar refractivity (Wildman–Crippen MR) is 93.6 cm³/mol. The lowest BCUT2D eigenvalue weighted by atomic mass is 10.0. The molecule has 0 fully saturated rings. The molecule has 0 heterocycles. The molecule has 0 aromatic heterocycles. The van der Waals surface area contributed by atoms with Gasteiger partial charge in [0.15, 0.2) is 0 Å². The van der Waals surface area contributed by atoms with Crippen LogP contribution in [0.25, 0.3) is 11.1 Å². The number of hydrogen-bond acceptors (Lipinski definition) is 2. The first-order valence-electron chi connectivity index (χ1n) is 7.71. The van der Waals surface area contributed by atoms with Crippen molar-refractivity contribution in [1.82, 2.24) is 0 Å². The van der Waals surface area contributed by atoms with Crippen molar-refractivity contribution in [2.75, 3.05) is 5.32 Å². The fraction of sp³-hybridized carbons (Fsp3) is 0.0500. The monoisotopic (exact) mass is 357 g/mol. The Labute approximate surface area is 147 Å². The van der Waals surface area contributed by atoms with Crippen LogP contribution in [0.5, 0.6) is 0 Å². The molecule has 3 aromatic rings. The standard InChI is InChI=1S/C20H14F3NO2/c21-20(22,23)15-10-8-13(9-11-15)14-4-3-5-16(12-14)24-18-7-2-1-6-17(18)19(25)26/h1-12,24H,(H,25,26). The summed E-state index contributed by atoms with van der Waals surface area (Å²) in [5.74, 6) is -1.05. The van der Waals surface area contributed by atoms with Gasteiger partial charge in [0, 0.05) is 5.69 Å². The molecule has 132 valence electrons. The number of carboxylic acids is 1. The third-order valence-electron chi connectivity index (χ3n) is 3.84. The molecule has 0 aliphatic rings. The summed E-state index contributed by atoms with van der Waals surface area (Å²) in [6, 6.07) is 18.4. The molecule has 0 unspecified atom stereocenters. The van der Waals surface area contributed by atoms with Crippen LogP contribution >= 0.6 is 0 Å². The molecule has 0 amide bonds. The highest BCUT2D eigenvalue weighted by molar-refractivity contribution is 5.95. The number of carboxylic acid groups (broad SMARTS) is 1. The molecule has 26 heavy (non-hydrogen) atoms. The zero-order chi connectivity index (χ0) is 18.7. The van der Waals surface area contributed by atoms with Crippen LogP contribution in [0, 0.1) is 0 Å². The number of nitrogens with one attached hydrogen (secondary N) is 1. The van der Waals surface area contributed by atoms with Crippen molar-refractivity contribution in [3.05, 3.63) is 83.9 Å². The van der Waals surface area contributed by atoms with Gasteiger partial charge in [0.05, 0.1) is 16.8 Å². The summed E-state index contributed by atoms with van der Waals surface area (Å²) in [5.41, 5.74) is 1.85. The van der Waals surface area contributed by atoms with Crippen LogP contribution in [0.15, 0.2) is 72.8 Å². The van der Waals surface area contributed by atoms with Gasteiger partial charge in [-0.25, -0.2) is 4.79 Å². The van der Waals surface area contributed by atoms with Gasteiger partial charge in [-0.3, -0.25) is 0 Å². The van der Waals surface area contributed by atoms with Crippen molar-refractivity contribution < 1.29 is 23.1 Å². The van der Waals surface area contributed by atoms with Crippen molar-refractivity contribution in [2.24, 2.45) is 0 Å². The molecule has 0 saturated carbocycles. The number of hydrogen-bond donors (Lipinski definition) is 2. The second-order valence-electron chi connectivity index (χ2n) is 5.63. The molecule has 3 aromatic carbocycles. The van der Waals surface area contributed by atoms with E-state index < -0.39 is 17.7 Å². The molecule has 3 rings (SSSR count). The minimum absolute atomic E-state index is 0.132.